The van der Waals surface area contributed by atoms with Gasteiger partial charge < -0.3 is 5.32 Å². The Balaban J connectivity index is 1.82. The quantitative estimate of drug-likeness (QED) is 0.711. The first-order valence-corrected chi connectivity index (χ1v) is 5.74. The van der Waals surface area contributed by atoms with Crippen LogP contribution in [-0.2, 0) is 0 Å². The number of hydrogen-bond donors (Lipinski definition) is 1. The topological polar surface area (TPSA) is 15.3 Å². The molecule has 2 fully saturated rings. The van der Waals surface area contributed by atoms with E-state index in [0.717, 1.165) is 6.04 Å². The summed E-state index contributed by atoms with van der Waals surface area (Å²) < 4.78 is 0. The van der Waals surface area contributed by atoms with Gasteiger partial charge in [0.2, 0.25) is 0 Å². The smallest absolute Gasteiger partial charge is 0.0233 e. The zero-order chi connectivity index (χ0) is 9.31. The Hall–Kier alpha value is -0.0800. The van der Waals surface area contributed by atoms with E-state index < -0.39 is 0 Å². The molecule has 0 saturated carbocycles. The maximum Gasteiger partial charge on any atom is 0.0233 e. The van der Waals surface area contributed by atoms with Gasteiger partial charge in [0.15, 0.2) is 0 Å². The molecule has 0 aromatic carbocycles. The summed E-state index contributed by atoms with van der Waals surface area (Å²) in [6, 6.07) is 0.853. The molecule has 1 atom stereocenters. The molecular formula is C11H22N2. The van der Waals surface area contributed by atoms with Crippen LogP contribution in [0, 0.1) is 5.41 Å². The van der Waals surface area contributed by atoms with Gasteiger partial charge in [-0.1, -0.05) is 13.8 Å². The van der Waals surface area contributed by atoms with Gasteiger partial charge in [0.1, 0.15) is 0 Å². The highest BCUT2D eigenvalue weighted by Crippen LogP contribution is 2.38. The van der Waals surface area contributed by atoms with Crippen molar-refractivity contribution in [3.8, 4) is 0 Å². The third-order valence-electron chi connectivity index (χ3n) is 4.13. The number of hydrogen-bond acceptors (Lipinski definition) is 2. The summed E-state index contributed by atoms with van der Waals surface area (Å²) in [5.74, 6) is 0. The van der Waals surface area contributed by atoms with Crippen LogP contribution in [0.4, 0.5) is 0 Å². The largest absolute Gasteiger partial charge is 0.315 e. The molecular weight excluding hydrogens is 160 g/mol. The molecule has 0 bridgehead atoms. The summed E-state index contributed by atoms with van der Waals surface area (Å²) in [4.78, 5) is 2.67. The van der Waals surface area contributed by atoms with Crippen molar-refractivity contribution in [2.45, 2.75) is 39.2 Å². The molecule has 76 valence electrons. The summed E-state index contributed by atoms with van der Waals surface area (Å²) in [6.07, 6.45) is 4.09. The van der Waals surface area contributed by atoms with E-state index in [1.165, 1.54) is 45.4 Å². The zero-order valence-corrected chi connectivity index (χ0v) is 8.97. The fraction of sp³-hybridized carbons (Fsp3) is 1.00. The van der Waals surface area contributed by atoms with Gasteiger partial charge in [-0.15, -0.1) is 0 Å². The summed E-state index contributed by atoms with van der Waals surface area (Å²) >= 11 is 0. The van der Waals surface area contributed by atoms with Crippen molar-refractivity contribution in [2.24, 2.45) is 5.41 Å². The highest BCUT2D eigenvalue weighted by Gasteiger charge is 2.42. The first-order chi connectivity index (χ1) is 6.29. The third-order valence-corrected chi connectivity index (χ3v) is 4.13. The van der Waals surface area contributed by atoms with Gasteiger partial charge in [-0.2, -0.15) is 0 Å². The molecule has 0 aliphatic carbocycles. The van der Waals surface area contributed by atoms with E-state index in [9.17, 15) is 0 Å². The Morgan fingerprint density at radius 2 is 2.00 bits per heavy atom. The van der Waals surface area contributed by atoms with Crippen LogP contribution in [0.1, 0.15) is 33.1 Å². The van der Waals surface area contributed by atoms with Crippen LogP contribution in [0.5, 0.6) is 0 Å². The van der Waals surface area contributed by atoms with Crippen molar-refractivity contribution in [3.05, 3.63) is 0 Å². The molecule has 13 heavy (non-hydrogen) atoms. The van der Waals surface area contributed by atoms with Crippen LogP contribution in [0.3, 0.4) is 0 Å². The minimum atomic E-state index is 0.683. The van der Waals surface area contributed by atoms with E-state index in [2.05, 4.69) is 24.1 Å². The van der Waals surface area contributed by atoms with Crippen molar-refractivity contribution < 1.29 is 0 Å². The van der Waals surface area contributed by atoms with Crippen molar-refractivity contribution >= 4 is 0 Å². The normalized spacial score (nSPS) is 33.2. The number of likely N-dealkylation sites (tertiary alicyclic amines) is 1. The van der Waals surface area contributed by atoms with Crippen molar-refractivity contribution in [3.63, 3.8) is 0 Å². The Bertz CT molecular complexity index is 161. The fourth-order valence-corrected chi connectivity index (χ4v) is 2.72. The van der Waals surface area contributed by atoms with Crippen LogP contribution in [0.25, 0.3) is 0 Å². The average molecular weight is 182 g/mol. The van der Waals surface area contributed by atoms with E-state index in [0.29, 0.717) is 5.41 Å². The average Bonchev–Trinajstić information content (AvgIpc) is 2.57. The zero-order valence-electron chi connectivity index (χ0n) is 8.97. The lowest BCUT2D eigenvalue weighted by Crippen LogP contribution is -2.59. The maximum atomic E-state index is 3.44. The highest BCUT2D eigenvalue weighted by molar-refractivity contribution is 4.97. The standard InChI is InChI=1S/C11H22N2/c1-3-11(4-2)8-13(9-11)10-5-6-12-7-10/h10,12H,3-9H2,1-2H3. The number of rotatable bonds is 3. The summed E-state index contributed by atoms with van der Waals surface area (Å²) in [6.45, 7) is 9.84. The molecule has 0 amide bonds. The van der Waals surface area contributed by atoms with Gasteiger partial charge in [-0.25, -0.2) is 0 Å². The van der Waals surface area contributed by atoms with E-state index in [1.807, 2.05) is 0 Å². The second-order valence-electron chi connectivity index (χ2n) is 4.76. The van der Waals surface area contributed by atoms with Gasteiger partial charge in [-0.05, 0) is 31.2 Å². The molecule has 1 unspecified atom stereocenters. The predicted octanol–water partition coefficient (Wildman–Crippen LogP) is 1.47. The molecule has 1 N–H and O–H groups in total. The molecule has 0 radical (unpaired) electrons. The molecule has 0 aromatic heterocycles. The highest BCUT2D eigenvalue weighted by atomic mass is 15.3. The summed E-state index contributed by atoms with van der Waals surface area (Å²) in [5.41, 5.74) is 0.683. The molecule has 0 spiro atoms. The fourth-order valence-electron chi connectivity index (χ4n) is 2.72. The minimum Gasteiger partial charge on any atom is -0.315 e. The third kappa shape index (κ3) is 1.62. The summed E-state index contributed by atoms with van der Waals surface area (Å²) in [7, 11) is 0. The predicted molar refractivity (Wildman–Crippen MR) is 55.9 cm³/mol. The van der Waals surface area contributed by atoms with Crippen LogP contribution in [0.15, 0.2) is 0 Å². The Morgan fingerprint density at radius 1 is 1.31 bits per heavy atom. The first-order valence-electron chi connectivity index (χ1n) is 5.74. The molecule has 2 aliphatic rings. The monoisotopic (exact) mass is 182 g/mol. The van der Waals surface area contributed by atoms with Gasteiger partial charge in [0.05, 0.1) is 0 Å². The SMILES string of the molecule is CCC1(CC)CN(C2CCNC2)C1. The molecule has 2 saturated heterocycles. The molecule has 0 aromatic rings. The van der Waals surface area contributed by atoms with Gasteiger partial charge in [0, 0.05) is 25.7 Å². The van der Waals surface area contributed by atoms with Gasteiger partial charge in [0.25, 0.3) is 0 Å². The lowest BCUT2D eigenvalue weighted by molar-refractivity contribution is -0.0315. The second kappa shape index (κ2) is 3.58. The van der Waals surface area contributed by atoms with E-state index in [-0.39, 0.29) is 0 Å². The van der Waals surface area contributed by atoms with Gasteiger partial charge in [-0.3, -0.25) is 4.90 Å². The molecule has 2 nitrogen and oxygen atoms in total. The molecule has 2 heteroatoms. The Kier molecular flexibility index (Phi) is 2.61. The van der Waals surface area contributed by atoms with Crippen LogP contribution in [0.2, 0.25) is 0 Å². The number of nitrogens with zero attached hydrogens (tertiary/aromatic N) is 1. The maximum absolute atomic E-state index is 3.44. The van der Waals surface area contributed by atoms with Gasteiger partial charge >= 0.3 is 0 Å². The molecule has 2 heterocycles. The van der Waals surface area contributed by atoms with Crippen molar-refractivity contribution in [2.75, 3.05) is 26.2 Å². The second-order valence-corrected chi connectivity index (χ2v) is 4.76. The van der Waals surface area contributed by atoms with E-state index >= 15 is 0 Å². The van der Waals surface area contributed by atoms with Crippen LogP contribution >= 0.6 is 0 Å². The Morgan fingerprint density at radius 3 is 2.46 bits per heavy atom. The molecule has 2 rings (SSSR count). The van der Waals surface area contributed by atoms with E-state index in [1.54, 1.807) is 0 Å². The summed E-state index contributed by atoms with van der Waals surface area (Å²) in [5, 5.41) is 3.44. The van der Waals surface area contributed by atoms with E-state index in [4.69, 9.17) is 0 Å². The lowest BCUT2D eigenvalue weighted by atomic mass is 9.74. The first kappa shape index (κ1) is 9.47. The van der Waals surface area contributed by atoms with Crippen molar-refractivity contribution in [1.82, 2.24) is 10.2 Å². The molecule has 2 aliphatic heterocycles. The minimum absolute atomic E-state index is 0.683. The van der Waals surface area contributed by atoms with Crippen LogP contribution in [-0.4, -0.2) is 37.1 Å². The number of nitrogens with one attached hydrogen (secondary N) is 1. The van der Waals surface area contributed by atoms with Crippen molar-refractivity contribution in [1.29, 1.82) is 0 Å². The lowest BCUT2D eigenvalue weighted by Gasteiger charge is -2.52. The Labute approximate surface area is 81.7 Å². The van der Waals surface area contributed by atoms with Crippen LogP contribution < -0.4 is 5.32 Å².